The van der Waals surface area contributed by atoms with Gasteiger partial charge in [0.25, 0.3) is 0 Å². The van der Waals surface area contributed by atoms with Gasteiger partial charge in [0.15, 0.2) is 0 Å². The lowest BCUT2D eigenvalue weighted by Crippen LogP contribution is -2.26. The molecular formula is C25H23NO3. The lowest BCUT2D eigenvalue weighted by molar-refractivity contribution is 0.144. The summed E-state index contributed by atoms with van der Waals surface area (Å²) in [4.78, 5) is 12.1. The fraction of sp³-hybridized carbons (Fsp3) is 0.160. The van der Waals surface area contributed by atoms with Crippen LogP contribution in [0.1, 0.15) is 28.2 Å². The van der Waals surface area contributed by atoms with Gasteiger partial charge in [-0.2, -0.15) is 0 Å². The van der Waals surface area contributed by atoms with Crippen molar-refractivity contribution in [3.63, 3.8) is 0 Å². The summed E-state index contributed by atoms with van der Waals surface area (Å²) in [6, 6.07) is 21.7. The molecule has 1 aliphatic rings. The van der Waals surface area contributed by atoms with Gasteiger partial charge in [0, 0.05) is 12.5 Å². The van der Waals surface area contributed by atoms with Gasteiger partial charge in [-0.05, 0) is 52.4 Å². The number of phenols is 1. The number of amides is 1. The van der Waals surface area contributed by atoms with E-state index in [0.29, 0.717) is 13.2 Å². The predicted molar refractivity (Wildman–Crippen MR) is 115 cm³/mol. The Morgan fingerprint density at radius 2 is 1.69 bits per heavy atom. The van der Waals surface area contributed by atoms with Crippen molar-refractivity contribution >= 4 is 12.2 Å². The highest BCUT2D eigenvalue weighted by Gasteiger charge is 2.28. The van der Waals surface area contributed by atoms with Crippen molar-refractivity contribution in [2.75, 3.05) is 13.2 Å². The number of nitrogens with one attached hydrogen (secondary N) is 1. The number of ether oxygens (including phenoxy) is 1. The van der Waals surface area contributed by atoms with Crippen molar-refractivity contribution in [2.45, 2.75) is 12.8 Å². The SMILES string of the molecule is Cc1ccc(O)cc1C=CCNC(=O)OCC1c2ccccc2-c2ccccc21. The number of alkyl carbamates (subject to hydrolysis) is 1. The summed E-state index contributed by atoms with van der Waals surface area (Å²) >= 11 is 0. The Labute approximate surface area is 170 Å². The highest BCUT2D eigenvalue weighted by Crippen LogP contribution is 2.44. The minimum Gasteiger partial charge on any atom is -0.508 e. The molecule has 0 saturated heterocycles. The fourth-order valence-electron chi connectivity index (χ4n) is 3.79. The monoisotopic (exact) mass is 385 g/mol. The number of carbonyl (C=O) groups is 1. The molecule has 0 fully saturated rings. The molecule has 4 rings (SSSR count). The van der Waals surface area contributed by atoms with Crippen LogP contribution in [-0.4, -0.2) is 24.4 Å². The zero-order chi connectivity index (χ0) is 20.2. The van der Waals surface area contributed by atoms with E-state index >= 15 is 0 Å². The van der Waals surface area contributed by atoms with Crippen LogP contribution in [0.4, 0.5) is 4.79 Å². The van der Waals surface area contributed by atoms with Gasteiger partial charge in [0.1, 0.15) is 12.4 Å². The van der Waals surface area contributed by atoms with Crippen LogP contribution in [0.2, 0.25) is 0 Å². The lowest BCUT2D eigenvalue weighted by atomic mass is 9.98. The number of rotatable bonds is 5. The van der Waals surface area contributed by atoms with Gasteiger partial charge >= 0.3 is 6.09 Å². The second-order valence-corrected chi connectivity index (χ2v) is 7.15. The van der Waals surface area contributed by atoms with Crippen molar-refractivity contribution in [3.05, 3.63) is 95.1 Å². The van der Waals surface area contributed by atoms with Gasteiger partial charge in [0.2, 0.25) is 0 Å². The van der Waals surface area contributed by atoms with Crippen LogP contribution in [0.3, 0.4) is 0 Å². The van der Waals surface area contributed by atoms with Gasteiger partial charge in [-0.3, -0.25) is 0 Å². The summed E-state index contributed by atoms with van der Waals surface area (Å²) in [6.07, 6.45) is 3.27. The maximum absolute atomic E-state index is 12.1. The average molecular weight is 385 g/mol. The molecule has 3 aromatic carbocycles. The molecule has 0 heterocycles. The van der Waals surface area contributed by atoms with Gasteiger partial charge in [0.05, 0.1) is 0 Å². The predicted octanol–water partition coefficient (Wildman–Crippen LogP) is 5.25. The summed E-state index contributed by atoms with van der Waals surface area (Å²) in [7, 11) is 0. The fourth-order valence-corrected chi connectivity index (χ4v) is 3.79. The van der Waals surface area contributed by atoms with E-state index in [1.54, 1.807) is 12.1 Å². The summed E-state index contributed by atoms with van der Waals surface area (Å²) in [6.45, 7) is 2.62. The molecule has 2 N–H and O–H groups in total. The van der Waals surface area contributed by atoms with Gasteiger partial charge < -0.3 is 15.2 Å². The second kappa shape index (κ2) is 8.23. The summed E-state index contributed by atoms with van der Waals surface area (Å²) in [5, 5.41) is 12.3. The van der Waals surface area contributed by atoms with Crippen LogP contribution < -0.4 is 5.32 Å². The quantitative estimate of drug-likeness (QED) is 0.630. The van der Waals surface area contributed by atoms with Crippen molar-refractivity contribution < 1.29 is 14.6 Å². The zero-order valence-corrected chi connectivity index (χ0v) is 16.3. The molecule has 0 radical (unpaired) electrons. The Bertz CT molecular complexity index is 1030. The molecule has 1 amide bonds. The van der Waals surface area contributed by atoms with E-state index < -0.39 is 6.09 Å². The number of benzene rings is 3. The standard InChI is InChI=1S/C25H23NO3/c1-17-12-13-19(27)15-18(17)7-6-14-26-25(28)29-16-24-22-10-4-2-8-20(22)21-9-3-5-11-23(21)24/h2-13,15,24,27H,14,16H2,1H3,(H,26,28). The largest absolute Gasteiger partial charge is 0.508 e. The van der Waals surface area contributed by atoms with E-state index in [9.17, 15) is 9.90 Å². The van der Waals surface area contributed by atoms with Gasteiger partial charge in [-0.25, -0.2) is 4.79 Å². The highest BCUT2D eigenvalue weighted by atomic mass is 16.5. The average Bonchev–Trinajstić information content (AvgIpc) is 3.06. The molecule has 3 aromatic rings. The number of hydrogen-bond donors (Lipinski definition) is 2. The van der Waals surface area contributed by atoms with Gasteiger partial charge in [-0.1, -0.05) is 66.7 Å². The van der Waals surface area contributed by atoms with Crippen LogP contribution in [-0.2, 0) is 4.74 Å². The molecular weight excluding hydrogens is 362 g/mol. The van der Waals surface area contributed by atoms with Crippen LogP contribution in [0.15, 0.2) is 72.8 Å². The molecule has 146 valence electrons. The maximum Gasteiger partial charge on any atom is 0.407 e. The van der Waals surface area contributed by atoms with Crippen LogP contribution in [0.25, 0.3) is 17.2 Å². The Morgan fingerprint density at radius 3 is 2.38 bits per heavy atom. The minimum absolute atomic E-state index is 0.0543. The number of aryl methyl sites for hydroxylation is 1. The lowest BCUT2D eigenvalue weighted by Gasteiger charge is -2.14. The summed E-state index contributed by atoms with van der Waals surface area (Å²) in [5.74, 6) is 0.276. The van der Waals surface area contributed by atoms with Crippen molar-refractivity contribution in [3.8, 4) is 16.9 Å². The van der Waals surface area contributed by atoms with E-state index in [1.807, 2.05) is 49.4 Å². The van der Waals surface area contributed by atoms with E-state index in [-0.39, 0.29) is 11.7 Å². The molecule has 0 bridgehead atoms. The van der Waals surface area contributed by atoms with Crippen LogP contribution >= 0.6 is 0 Å². The molecule has 4 nitrogen and oxygen atoms in total. The van der Waals surface area contributed by atoms with Crippen LogP contribution in [0.5, 0.6) is 5.75 Å². The Balaban J connectivity index is 1.34. The van der Waals surface area contributed by atoms with E-state index in [1.165, 1.54) is 22.3 Å². The number of hydrogen-bond acceptors (Lipinski definition) is 3. The summed E-state index contributed by atoms with van der Waals surface area (Å²) in [5.41, 5.74) is 6.78. The molecule has 0 unspecified atom stereocenters. The normalized spacial score (nSPS) is 12.6. The van der Waals surface area contributed by atoms with E-state index in [0.717, 1.165) is 11.1 Å². The first-order chi connectivity index (χ1) is 14.1. The summed E-state index contributed by atoms with van der Waals surface area (Å²) < 4.78 is 5.51. The van der Waals surface area contributed by atoms with Crippen molar-refractivity contribution in [1.82, 2.24) is 5.32 Å². The van der Waals surface area contributed by atoms with Crippen molar-refractivity contribution in [2.24, 2.45) is 0 Å². The first-order valence-corrected chi connectivity index (χ1v) is 9.68. The molecule has 0 aliphatic heterocycles. The maximum atomic E-state index is 12.1. The third-order valence-electron chi connectivity index (χ3n) is 5.27. The molecule has 4 heteroatoms. The highest BCUT2D eigenvalue weighted by molar-refractivity contribution is 5.79. The third-order valence-corrected chi connectivity index (χ3v) is 5.27. The van der Waals surface area contributed by atoms with Crippen molar-refractivity contribution in [1.29, 1.82) is 0 Å². The number of aromatic hydroxyl groups is 1. The third kappa shape index (κ3) is 4.02. The number of fused-ring (bicyclic) bond motifs is 3. The smallest absolute Gasteiger partial charge is 0.407 e. The van der Waals surface area contributed by atoms with E-state index in [4.69, 9.17) is 4.74 Å². The molecule has 0 saturated carbocycles. The van der Waals surface area contributed by atoms with Crippen LogP contribution in [0, 0.1) is 6.92 Å². The zero-order valence-electron chi connectivity index (χ0n) is 16.3. The second-order valence-electron chi connectivity index (χ2n) is 7.15. The first-order valence-electron chi connectivity index (χ1n) is 9.68. The Hall–Kier alpha value is -3.53. The molecule has 29 heavy (non-hydrogen) atoms. The Kier molecular flexibility index (Phi) is 5.34. The molecule has 0 aromatic heterocycles. The Morgan fingerprint density at radius 1 is 1.03 bits per heavy atom. The van der Waals surface area contributed by atoms with Gasteiger partial charge in [-0.15, -0.1) is 0 Å². The number of carbonyl (C=O) groups excluding carboxylic acids is 1. The molecule has 0 spiro atoms. The minimum atomic E-state index is -0.441. The molecule has 1 aliphatic carbocycles. The van der Waals surface area contributed by atoms with E-state index in [2.05, 4.69) is 29.6 Å². The number of phenolic OH excluding ortho intramolecular Hbond substituents is 1. The first kappa shape index (κ1) is 18.8. The molecule has 0 atom stereocenters. The topological polar surface area (TPSA) is 58.6 Å².